The Morgan fingerprint density at radius 1 is 1.09 bits per heavy atom. The molecule has 19 heteroatoms. The molecule has 1 aliphatic rings. The van der Waals surface area contributed by atoms with Crippen LogP contribution in [0.2, 0.25) is 5.02 Å². The van der Waals surface area contributed by atoms with Crippen LogP contribution in [0.15, 0.2) is 54.6 Å². The number of carbonyl (C=O) groups is 1. The molecule has 2 unspecified atom stereocenters. The van der Waals surface area contributed by atoms with Crippen LogP contribution in [0.1, 0.15) is 59.7 Å². The summed E-state index contributed by atoms with van der Waals surface area (Å²) in [7, 11) is -2.31. The Morgan fingerprint density at radius 2 is 1.77 bits per heavy atom. The predicted octanol–water partition coefficient (Wildman–Crippen LogP) is 6.50. The molecule has 0 bridgehead atoms. The molecule has 294 valence electrons. The fourth-order valence-electron chi connectivity index (χ4n) is 6.72. The van der Waals surface area contributed by atoms with Crippen LogP contribution in [0.5, 0.6) is 0 Å². The molecular weight excluding hydrogens is 788 g/mol. The first-order valence-corrected chi connectivity index (χ1v) is 19.0. The number of sulfonamides is 1. The van der Waals surface area contributed by atoms with Gasteiger partial charge in [-0.25, -0.2) is 31.0 Å². The standard InChI is InChI=1S/C37H32ClF6N7O4S/c1-18-11-26-32(35(41)42)47-51(34(26)37(43,44)16-18)17-29(53)46-28(14-20-12-21(39)15-22(40)13-20)31-24(8-7-23(45-31)6-5-19(2)52)25-9-10-27(38)30-33(25)50(3)48-36(30)49-56(4,54)55/h7-10,12-13,15,19,28,35,52H,1,11,14,16-17H2,2-4H3,(H,46,53)(H,48,49). The molecule has 11 nitrogen and oxygen atoms in total. The number of carbonyl (C=O) groups excluding carboxylic acids is 1. The number of aliphatic hydroxyl groups is 1. The number of allylic oxidation sites excluding steroid dienone is 1. The third-order valence-corrected chi connectivity index (χ3v) is 9.58. The van der Waals surface area contributed by atoms with E-state index in [0.29, 0.717) is 21.8 Å². The van der Waals surface area contributed by atoms with Gasteiger partial charge in [-0.1, -0.05) is 35.7 Å². The van der Waals surface area contributed by atoms with Crippen LogP contribution in [-0.2, 0) is 47.2 Å². The normalized spacial score (nSPS) is 15.0. The van der Waals surface area contributed by atoms with Crippen molar-refractivity contribution in [2.45, 2.75) is 57.2 Å². The molecule has 3 aromatic heterocycles. The SMILES string of the molecule is C=C1Cc2c(C(F)F)nn(CC(=O)NC(Cc3cc(F)cc(F)c3)c3nc(C#CC(C)O)ccc3-c3ccc(Cl)c4c(NS(C)(=O)=O)nn(C)c34)c2C(F)(F)C1. The Hall–Kier alpha value is -5.38. The quantitative estimate of drug-likeness (QED) is 0.0830. The first-order chi connectivity index (χ1) is 26.2. The van der Waals surface area contributed by atoms with Gasteiger partial charge in [0.05, 0.1) is 33.9 Å². The summed E-state index contributed by atoms with van der Waals surface area (Å²) in [4.78, 5) is 18.6. The second-order valence-corrected chi connectivity index (χ2v) is 15.5. The number of halogens is 7. The van der Waals surface area contributed by atoms with Crippen LogP contribution >= 0.6 is 11.6 Å². The highest BCUT2D eigenvalue weighted by Gasteiger charge is 2.45. The lowest BCUT2D eigenvalue weighted by molar-refractivity contribution is -0.122. The maximum absolute atomic E-state index is 15.4. The van der Waals surface area contributed by atoms with Gasteiger partial charge in [0.2, 0.25) is 15.9 Å². The van der Waals surface area contributed by atoms with Crippen molar-refractivity contribution in [1.29, 1.82) is 0 Å². The fraction of sp³-hybridized carbons (Fsp3) is 0.297. The van der Waals surface area contributed by atoms with Crippen LogP contribution in [0.25, 0.3) is 22.0 Å². The molecule has 0 saturated carbocycles. The zero-order valence-corrected chi connectivity index (χ0v) is 31.3. The molecule has 0 saturated heterocycles. The second-order valence-electron chi connectivity index (χ2n) is 13.3. The number of pyridine rings is 1. The summed E-state index contributed by atoms with van der Waals surface area (Å²) in [6.45, 7) is 3.99. The van der Waals surface area contributed by atoms with Gasteiger partial charge in [-0.15, -0.1) is 0 Å². The summed E-state index contributed by atoms with van der Waals surface area (Å²) < 4.78 is 116. The number of aliphatic hydroxyl groups excluding tert-OH is 1. The van der Waals surface area contributed by atoms with Gasteiger partial charge in [0, 0.05) is 36.2 Å². The summed E-state index contributed by atoms with van der Waals surface area (Å²) in [6.07, 6.45) is -4.88. The third kappa shape index (κ3) is 8.54. The molecule has 56 heavy (non-hydrogen) atoms. The van der Waals surface area contributed by atoms with Crippen LogP contribution < -0.4 is 10.0 Å². The van der Waals surface area contributed by atoms with Crippen LogP contribution in [0, 0.1) is 23.5 Å². The molecule has 1 amide bonds. The lowest BCUT2D eigenvalue weighted by Gasteiger charge is -2.26. The zero-order valence-electron chi connectivity index (χ0n) is 29.8. The average Bonchev–Trinajstić information content (AvgIpc) is 3.59. The Balaban J connectivity index is 1.53. The molecule has 0 spiro atoms. The van der Waals surface area contributed by atoms with Crippen LogP contribution in [0.3, 0.4) is 0 Å². The van der Waals surface area contributed by atoms with Crippen molar-refractivity contribution in [2.24, 2.45) is 7.05 Å². The molecule has 2 atom stereocenters. The summed E-state index contributed by atoms with van der Waals surface area (Å²) >= 11 is 6.56. The summed E-state index contributed by atoms with van der Waals surface area (Å²) in [5.41, 5.74) is -1.18. The molecule has 2 aromatic carbocycles. The maximum atomic E-state index is 15.4. The number of fused-ring (bicyclic) bond motifs is 2. The number of aryl methyl sites for hydroxylation is 1. The largest absolute Gasteiger partial charge is 0.381 e. The van der Waals surface area contributed by atoms with E-state index in [4.69, 9.17) is 11.6 Å². The minimum atomic E-state index is -3.83. The van der Waals surface area contributed by atoms with Gasteiger partial charge in [0.1, 0.15) is 41.4 Å². The number of hydrogen-bond acceptors (Lipinski definition) is 7. The van der Waals surface area contributed by atoms with E-state index >= 15 is 8.78 Å². The number of alkyl halides is 4. The maximum Gasteiger partial charge on any atom is 0.293 e. The van der Waals surface area contributed by atoms with Crippen molar-refractivity contribution in [2.75, 3.05) is 11.0 Å². The van der Waals surface area contributed by atoms with E-state index in [1.54, 1.807) is 12.1 Å². The van der Waals surface area contributed by atoms with E-state index < -0.39 is 82.0 Å². The molecule has 6 rings (SSSR count). The van der Waals surface area contributed by atoms with Gasteiger partial charge < -0.3 is 10.4 Å². The van der Waals surface area contributed by atoms with Crippen LogP contribution in [-0.4, -0.2) is 56.3 Å². The smallest absolute Gasteiger partial charge is 0.293 e. The number of amides is 1. The second kappa shape index (κ2) is 15.3. The number of benzene rings is 2. The number of anilines is 1. The van der Waals surface area contributed by atoms with Crippen molar-refractivity contribution < 1.29 is 44.7 Å². The van der Waals surface area contributed by atoms with Crippen molar-refractivity contribution in [3.63, 3.8) is 0 Å². The van der Waals surface area contributed by atoms with Crippen molar-refractivity contribution in [3.05, 3.63) is 105 Å². The van der Waals surface area contributed by atoms with Crippen molar-refractivity contribution in [3.8, 4) is 23.0 Å². The van der Waals surface area contributed by atoms with Gasteiger partial charge >= 0.3 is 0 Å². The van der Waals surface area contributed by atoms with Gasteiger partial charge in [-0.05, 0) is 61.6 Å². The lowest BCUT2D eigenvalue weighted by Crippen LogP contribution is -2.35. The zero-order chi connectivity index (χ0) is 40.9. The molecule has 3 N–H and O–H groups in total. The van der Waals surface area contributed by atoms with Crippen molar-refractivity contribution in [1.82, 2.24) is 29.9 Å². The molecular formula is C37H32ClF6N7O4S. The van der Waals surface area contributed by atoms with E-state index in [-0.39, 0.29) is 57.2 Å². The number of aromatic nitrogens is 5. The molecule has 0 radical (unpaired) electrons. The molecule has 0 fully saturated rings. The Labute approximate surface area is 321 Å². The van der Waals surface area contributed by atoms with E-state index in [9.17, 15) is 35.9 Å². The third-order valence-electron chi connectivity index (χ3n) is 8.70. The monoisotopic (exact) mass is 819 g/mol. The molecule has 0 aliphatic heterocycles. The minimum Gasteiger partial charge on any atom is -0.381 e. The number of hydrogen-bond donors (Lipinski definition) is 3. The van der Waals surface area contributed by atoms with E-state index in [2.05, 4.69) is 43.6 Å². The number of rotatable bonds is 10. The van der Waals surface area contributed by atoms with E-state index in [0.717, 1.165) is 18.4 Å². The molecule has 5 aromatic rings. The summed E-state index contributed by atoms with van der Waals surface area (Å²) in [6, 6.07) is 7.39. The van der Waals surface area contributed by atoms with Gasteiger partial charge in [0.25, 0.3) is 12.3 Å². The van der Waals surface area contributed by atoms with E-state index in [1.165, 1.54) is 30.8 Å². The van der Waals surface area contributed by atoms with Gasteiger partial charge in [0.15, 0.2) is 5.82 Å². The predicted molar refractivity (Wildman–Crippen MR) is 195 cm³/mol. The lowest BCUT2D eigenvalue weighted by atomic mass is 9.89. The highest BCUT2D eigenvalue weighted by atomic mass is 35.5. The van der Waals surface area contributed by atoms with E-state index in [1.807, 2.05) is 0 Å². The summed E-state index contributed by atoms with van der Waals surface area (Å²) in [5.74, 6) is -1.41. The van der Waals surface area contributed by atoms with Gasteiger partial charge in [-0.3, -0.25) is 18.9 Å². The van der Waals surface area contributed by atoms with Crippen LogP contribution in [0.4, 0.5) is 32.2 Å². The van der Waals surface area contributed by atoms with Gasteiger partial charge in [-0.2, -0.15) is 19.0 Å². The number of nitrogens with zero attached hydrogens (tertiary/aromatic N) is 5. The highest BCUT2D eigenvalue weighted by molar-refractivity contribution is 7.92. The van der Waals surface area contributed by atoms with Crippen molar-refractivity contribution >= 4 is 44.3 Å². The average molecular weight is 820 g/mol. The molecule has 1 aliphatic carbocycles. The Kier molecular flexibility index (Phi) is 11.0. The Bertz CT molecular complexity index is 2560. The number of nitrogens with one attached hydrogen (secondary N) is 2. The molecule has 3 heterocycles. The first kappa shape index (κ1) is 40.3. The fourth-order valence-corrected chi connectivity index (χ4v) is 7.45. The highest BCUT2D eigenvalue weighted by Crippen LogP contribution is 2.45. The minimum absolute atomic E-state index is 0.0110. The topological polar surface area (TPSA) is 144 Å². The first-order valence-electron chi connectivity index (χ1n) is 16.7. The Morgan fingerprint density at radius 3 is 2.41 bits per heavy atom. The summed E-state index contributed by atoms with van der Waals surface area (Å²) in [5, 5.41) is 20.8.